The van der Waals surface area contributed by atoms with E-state index in [1.54, 1.807) is 0 Å². The first kappa shape index (κ1) is 10.8. The van der Waals surface area contributed by atoms with Crippen LogP contribution in [0.2, 0.25) is 0 Å². The van der Waals surface area contributed by atoms with Crippen molar-refractivity contribution >= 4 is 15.9 Å². The molecule has 1 fully saturated rings. The van der Waals surface area contributed by atoms with Crippen LogP contribution in [-0.4, -0.2) is 6.04 Å². The van der Waals surface area contributed by atoms with Crippen LogP contribution in [-0.2, 0) is 0 Å². The predicted molar refractivity (Wildman–Crippen MR) is 61.8 cm³/mol. The highest BCUT2D eigenvalue weighted by Crippen LogP contribution is 2.35. The molecular formula is C11H18BrN. The molecule has 0 amide bonds. The van der Waals surface area contributed by atoms with Crippen LogP contribution >= 0.6 is 15.9 Å². The van der Waals surface area contributed by atoms with Gasteiger partial charge >= 0.3 is 0 Å². The zero-order chi connectivity index (χ0) is 9.84. The minimum absolute atomic E-state index is 0.608. The summed E-state index contributed by atoms with van der Waals surface area (Å²) in [6.07, 6.45) is 7.18. The molecule has 1 aliphatic carbocycles. The molecule has 0 bridgehead atoms. The van der Waals surface area contributed by atoms with E-state index in [2.05, 4.69) is 40.4 Å². The number of nitrogens with one attached hydrogen (secondary N) is 1. The summed E-state index contributed by atoms with van der Waals surface area (Å²) < 4.78 is 1.19. The fourth-order valence-corrected chi connectivity index (χ4v) is 1.67. The van der Waals surface area contributed by atoms with E-state index in [9.17, 15) is 0 Å². The van der Waals surface area contributed by atoms with Crippen molar-refractivity contribution in [1.82, 2.24) is 5.32 Å². The summed E-state index contributed by atoms with van der Waals surface area (Å²) in [4.78, 5) is 0. The van der Waals surface area contributed by atoms with E-state index >= 15 is 0 Å². The smallest absolute Gasteiger partial charge is 0.0473 e. The first-order valence-corrected chi connectivity index (χ1v) is 5.87. The molecule has 0 spiro atoms. The largest absolute Gasteiger partial charge is 0.383 e. The van der Waals surface area contributed by atoms with Crippen molar-refractivity contribution in [2.75, 3.05) is 0 Å². The SMILES string of the molecule is CC.CC1=CC(C2CC2)NC=C1Br. The van der Waals surface area contributed by atoms with Gasteiger partial charge < -0.3 is 5.32 Å². The second kappa shape index (κ2) is 4.85. The van der Waals surface area contributed by atoms with E-state index in [0.29, 0.717) is 6.04 Å². The average molecular weight is 244 g/mol. The van der Waals surface area contributed by atoms with Crippen molar-refractivity contribution in [3.05, 3.63) is 22.3 Å². The summed E-state index contributed by atoms with van der Waals surface area (Å²) in [7, 11) is 0. The molecule has 0 aromatic rings. The molecule has 1 heterocycles. The fraction of sp³-hybridized carbons (Fsp3) is 0.636. The monoisotopic (exact) mass is 243 g/mol. The number of halogens is 1. The Bertz CT molecular complexity index is 226. The summed E-state index contributed by atoms with van der Waals surface area (Å²) >= 11 is 3.48. The van der Waals surface area contributed by atoms with Crippen molar-refractivity contribution in [2.24, 2.45) is 5.92 Å². The van der Waals surface area contributed by atoms with Crippen molar-refractivity contribution in [1.29, 1.82) is 0 Å². The Morgan fingerprint density at radius 2 is 2.00 bits per heavy atom. The Balaban J connectivity index is 0.000000396. The van der Waals surface area contributed by atoms with Crippen molar-refractivity contribution in [3.63, 3.8) is 0 Å². The van der Waals surface area contributed by atoms with Gasteiger partial charge in [0.15, 0.2) is 0 Å². The molecule has 2 rings (SSSR count). The predicted octanol–water partition coefficient (Wildman–Crippen LogP) is 3.58. The standard InChI is InChI=1S/C9H12BrN.C2H6/c1-6-4-9(7-2-3-7)11-5-8(6)10;1-2/h4-5,7,9,11H,2-3H2,1H3;1-2H3. The van der Waals surface area contributed by atoms with E-state index in [-0.39, 0.29) is 0 Å². The Hall–Kier alpha value is -0.240. The highest BCUT2D eigenvalue weighted by molar-refractivity contribution is 9.12. The van der Waals surface area contributed by atoms with Gasteiger partial charge in [-0.05, 0) is 47.2 Å². The minimum Gasteiger partial charge on any atom is -0.383 e. The number of dihydropyridines is 1. The van der Waals surface area contributed by atoms with Crippen molar-refractivity contribution < 1.29 is 0 Å². The average Bonchev–Trinajstić information content (AvgIpc) is 2.96. The summed E-state index contributed by atoms with van der Waals surface area (Å²) in [6, 6.07) is 0.608. The van der Waals surface area contributed by atoms with Crippen LogP contribution in [0.1, 0.15) is 33.6 Å². The normalized spacial score (nSPS) is 26.3. The fourth-order valence-electron chi connectivity index (χ4n) is 1.41. The molecule has 1 aliphatic heterocycles. The van der Waals surface area contributed by atoms with E-state index in [1.165, 1.54) is 22.9 Å². The first-order chi connectivity index (χ1) is 6.27. The summed E-state index contributed by atoms with van der Waals surface area (Å²) in [5.74, 6) is 0.904. The number of allylic oxidation sites excluding steroid dienone is 2. The molecule has 1 unspecified atom stereocenters. The number of hydrogen-bond acceptors (Lipinski definition) is 1. The van der Waals surface area contributed by atoms with Gasteiger partial charge in [-0.3, -0.25) is 0 Å². The molecule has 1 N–H and O–H groups in total. The van der Waals surface area contributed by atoms with Gasteiger partial charge in [-0.25, -0.2) is 0 Å². The van der Waals surface area contributed by atoms with E-state index in [4.69, 9.17) is 0 Å². The molecule has 2 heteroatoms. The van der Waals surface area contributed by atoms with E-state index < -0.39 is 0 Å². The maximum atomic E-state index is 3.48. The second-order valence-corrected chi connectivity index (χ2v) is 4.23. The second-order valence-electron chi connectivity index (χ2n) is 3.37. The van der Waals surface area contributed by atoms with Crippen LogP contribution in [0.25, 0.3) is 0 Å². The summed E-state index contributed by atoms with van der Waals surface area (Å²) in [5, 5.41) is 3.38. The minimum atomic E-state index is 0.608. The molecule has 0 saturated heterocycles. The Kier molecular flexibility index (Phi) is 4.04. The number of hydrogen-bond donors (Lipinski definition) is 1. The molecular weight excluding hydrogens is 226 g/mol. The van der Waals surface area contributed by atoms with Crippen LogP contribution in [0.15, 0.2) is 22.3 Å². The summed E-state index contributed by atoms with van der Waals surface area (Å²) in [5.41, 5.74) is 1.36. The van der Waals surface area contributed by atoms with Crippen LogP contribution < -0.4 is 5.32 Å². The van der Waals surface area contributed by atoms with Gasteiger partial charge in [0, 0.05) is 16.7 Å². The zero-order valence-corrected chi connectivity index (χ0v) is 10.2. The first-order valence-electron chi connectivity index (χ1n) is 5.08. The van der Waals surface area contributed by atoms with Gasteiger partial charge in [0.1, 0.15) is 0 Å². The van der Waals surface area contributed by atoms with Gasteiger partial charge in [-0.15, -0.1) is 0 Å². The van der Waals surface area contributed by atoms with Crippen LogP contribution in [0, 0.1) is 5.92 Å². The molecule has 0 aromatic carbocycles. The third-order valence-corrected chi connectivity index (χ3v) is 3.19. The summed E-state index contributed by atoms with van der Waals surface area (Å²) in [6.45, 7) is 6.15. The molecule has 2 aliphatic rings. The third kappa shape index (κ3) is 2.87. The van der Waals surface area contributed by atoms with E-state index in [1.807, 2.05) is 13.8 Å². The lowest BCUT2D eigenvalue weighted by Crippen LogP contribution is -2.27. The topological polar surface area (TPSA) is 12.0 Å². The van der Waals surface area contributed by atoms with Gasteiger partial charge in [0.05, 0.1) is 0 Å². The van der Waals surface area contributed by atoms with Crippen LogP contribution in [0.4, 0.5) is 0 Å². The Morgan fingerprint density at radius 1 is 1.38 bits per heavy atom. The number of rotatable bonds is 1. The molecule has 0 radical (unpaired) electrons. The van der Waals surface area contributed by atoms with Crippen molar-refractivity contribution in [3.8, 4) is 0 Å². The van der Waals surface area contributed by atoms with Gasteiger partial charge in [0.2, 0.25) is 0 Å². The van der Waals surface area contributed by atoms with Gasteiger partial charge in [-0.2, -0.15) is 0 Å². The van der Waals surface area contributed by atoms with Crippen LogP contribution in [0.3, 0.4) is 0 Å². The zero-order valence-electron chi connectivity index (χ0n) is 8.60. The Labute approximate surface area is 89.4 Å². The Morgan fingerprint density at radius 3 is 2.46 bits per heavy atom. The molecule has 74 valence electrons. The quantitative estimate of drug-likeness (QED) is 0.743. The molecule has 1 atom stereocenters. The highest BCUT2D eigenvalue weighted by atomic mass is 79.9. The molecule has 1 saturated carbocycles. The van der Waals surface area contributed by atoms with Crippen LogP contribution in [0.5, 0.6) is 0 Å². The lowest BCUT2D eigenvalue weighted by molar-refractivity contribution is 0.611. The lowest BCUT2D eigenvalue weighted by atomic mass is 10.1. The van der Waals surface area contributed by atoms with Gasteiger partial charge in [-0.1, -0.05) is 19.9 Å². The molecule has 0 aromatic heterocycles. The lowest BCUT2D eigenvalue weighted by Gasteiger charge is -2.18. The molecule has 13 heavy (non-hydrogen) atoms. The van der Waals surface area contributed by atoms with Crippen molar-refractivity contribution in [2.45, 2.75) is 39.7 Å². The van der Waals surface area contributed by atoms with E-state index in [0.717, 1.165) is 5.92 Å². The maximum absolute atomic E-state index is 3.48. The molecule has 1 nitrogen and oxygen atoms in total. The van der Waals surface area contributed by atoms with Gasteiger partial charge in [0.25, 0.3) is 0 Å². The highest BCUT2D eigenvalue weighted by Gasteiger charge is 2.30. The third-order valence-electron chi connectivity index (χ3n) is 2.34. The maximum Gasteiger partial charge on any atom is 0.0473 e.